The van der Waals surface area contributed by atoms with Crippen molar-refractivity contribution in [1.29, 1.82) is 0 Å². The Morgan fingerprint density at radius 1 is 1.50 bits per heavy atom. The van der Waals surface area contributed by atoms with Crippen LogP contribution in [0.2, 0.25) is 0 Å². The Morgan fingerprint density at radius 2 is 2.38 bits per heavy atom. The Bertz CT molecular complexity index is 356. The molecule has 1 aliphatic heterocycles. The quantitative estimate of drug-likeness (QED) is 0.825. The predicted molar refractivity (Wildman–Crippen MR) is 63.2 cm³/mol. The Morgan fingerprint density at radius 3 is 3.12 bits per heavy atom. The number of imidazole rings is 1. The summed E-state index contributed by atoms with van der Waals surface area (Å²) in [4.78, 5) is 6.84. The van der Waals surface area contributed by atoms with Crippen LogP contribution in [0.25, 0.3) is 0 Å². The van der Waals surface area contributed by atoms with Crippen LogP contribution in [0.15, 0.2) is 12.5 Å². The van der Waals surface area contributed by atoms with Crippen LogP contribution in [0.5, 0.6) is 0 Å². The summed E-state index contributed by atoms with van der Waals surface area (Å²) in [5.41, 5.74) is 1.39. The van der Waals surface area contributed by atoms with E-state index in [1.54, 1.807) is 0 Å². The van der Waals surface area contributed by atoms with E-state index in [2.05, 4.69) is 26.7 Å². The third kappa shape index (κ3) is 1.99. The molecule has 1 aliphatic carbocycles. The molecular weight excluding hydrogens is 200 g/mol. The van der Waals surface area contributed by atoms with Crippen LogP contribution < -0.4 is 5.32 Å². The molecule has 1 saturated heterocycles. The lowest BCUT2D eigenvalue weighted by molar-refractivity contribution is 0.162. The lowest BCUT2D eigenvalue weighted by Gasteiger charge is -2.33. The van der Waals surface area contributed by atoms with Crippen molar-refractivity contribution in [2.45, 2.75) is 38.4 Å². The first-order valence-corrected chi connectivity index (χ1v) is 6.30. The molecule has 1 aromatic rings. The molecule has 2 heterocycles. The van der Waals surface area contributed by atoms with E-state index in [0.29, 0.717) is 6.04 Å². The van der Waals surface area contributed by atoms with Crippen molar-refractivity contribution in [1.82, 2.24) is 19.8 Å². The molecule has 16 heavy (non-hydrogen) atoms. The number of piperazine rings is 1. The Labute approximate surface area is 96.7 Å². The second-order valence-corrected chi connectivity index (χ2v) is 5.05. The number of nitrogens with one attached hydrogen (secondary N) is 1. The van der Waals surface area contributed by atoms with Crippen LogP contribution >= 0.6 is 0 Å². The average molecular weight is 220 g/mol. The van der Waals surface area contributed by atoms with E-state index >= 15 is 0 Å². The van der Waals surface area contributed by atoms with Gasteiger partial charge in [-0.05, 0) is 19.8 Å². The van der Waals surface area contributed by atoms with Crippen LogP contribution in [0.1, 0.15) is 31.5 Å². The zero-order valence-corrected chi connectivity index (χ0v) is 9.89. The zero-order valence-electron chi connectivity index (χ0n) is 9.89. The molecule has 4 nitrogen and oxygen atoms in total. The summed E-state index contributed by atoms with van der Waals surface area (Å²) in [6.07, 6.45) is 6.70. The van der Waals surface area contributed by atoms with Crippen LogP contribution in [-0.2, 0) is 6.54 Å². The summed E-state index contributed by atoms with van der Waals surface area (Å²) < 4.78 is 2.37. The first kappa shape index (κ1) is 10.3. The van der Waals surface area contributed by atoms with Crippen molar-refractivity contribution < 1.29 is 0 Å². The Hall–Kier alpha value is -0.870. The summed E-state index contributed by atoms with van der Waals surface area (Å²) in [5, 5.41) is 3.43. The van der Waals surface area contributed by atoms with E-state index in [1.807, 2.05) is 12.5 Å². The largest absolute Gasteiger partial charge is 0.330 e. The molecule has 0 amide bonds. The van der Waals surface area contributed by atoms with Gasteiger partial charge in [-0.3, -0.25) is 4.90 Å². The molecule has 0 spiro atoms. The standard InChI is InChI=1S/C12H20N4/c1-10-6-13-4-5-15(10)8-12-7-14-9-16(12)11-2-3-11/h7,9-11,13H,2-6,8H2,1H3/t10-/m0/s1. The highest BCUT2D eigenvalue weighted by molar-refractivity contribution is 5.04. The molecule has 2 fully saturated rings. The van der Waals surface area contributed by atoms with Gasteiger partial charge in [0.05, 0.1) is 12.0 Å². The maximum absolute atomic E-state index is 4.29. The molecule has 88 valence electrons. The fourth-order valence-electron chi connectivity index (χ4n) is 2.46. The van der Waals surface area contributed by atoms with Gasteiger partial charge in [0.15, 0.2) is 0 Å². The maximum atomic E-state index is 4.29. The fraction of sp³-hybridized carbons (Fsp3) is 0.750. The minimum absolute atomic E-state index is 0.635. The molecule has 2 aliphatic rings. The van der Waals surface area contributed by atoms with Crippen molar-refractivity contribution in [3.63, 3.8) is 0 Å². The Kier molecular flexibility index (Phi) is 2.69. The Balaban J connectivity index is 1.70. The molecule has 0 aromatic carbocycles. The van der Waals surface area contributed by atoms with Gasteiger partial charge in [-0.15, -0.1) is 0 Å². The second kappa shape index (κ2) is 4.18. The summed E-state index contributed by atoms with van der Waals surface area (Å²) in [6, 6.07) is 1.38. The van der Waals surface area contributed by atoms with E-state index in [9.17, 15) is 0 Å². The van der Waals surface area contributed by atoms with Gasteiger partial charge in [0, 0.05) is 44.5 Å². The molecular formula is C12H20N4. The van der Waals surface area contributed by atoms with Crippen molar-refractivity contribution in [3.8, 4) is 0 Å². The first-order chi connectivity index (χ1) is 7.84. The molecule has 3 rings (SSSR count). The van der Waals surface area contributed by atoms with Gasteiger partial charge in [-0.1, -0.05) is 0 Å². The van der Waals surface area contributed by atoms with Gasteiger partial charge in [-0.25, -0.2) is 4.98 Å². The lowest BCUT2D eigenvalue weighted by Crippen LogP contribution is -2.49. The summed E-state index contributed by atoms with van der Waals surface area (Å²) in [6.45, 7) is 6.72. The number of hydrogen-bond acceptors (Lipinski definition) is 3. The van der Waals surface area contributed by atoms with Crippen LogP contribution in [0.3, 0.4) is 0 Å². The lowest BCUT2D eigenvalue weighted by atomic mass is 10.2. The molecule has 1 aromatic heterocycles. The predicted octanol–water partition coefficient (Wildman–Crippen LogP) is 1.01. The average Bonchev–Trinajstić information content (AvgIpc) is 3.03. The van der Waals surface area contributed by atoms with E-state index in [1.165, 1.54) is 18.5 Å². The van der Waals surface area contributed by atoms with E-state index in [4.69, 9.17) is 0 Å². The molecule has 1 N–H and O–H groups in total. The number of aromatic nitrogens is 2. The molecule has 1 saturated carbocycles. The van der Waals surface area contributed by atoms with Gasteiger partial charge in [0.25, 0.3) is 0 Å². The highest BCUT2D eigenvalue weighted by Gasteiger charge is 2.26. The smallest absolute Gasteiger partial charge is 0.0951 e. The normalized spacial score (nSPS) is 27.2. The fourth-order valence-corrected chi connectivity index (χ4v) is 2.46. The summed E-state index contributed by atoms with van der Waals surface area (Å²) >= 11 is 0. The van der Waals surface area contributed by atoms with Crippen molar-refractivity contribution in [2.75, 3.05) is 19.6 Å². The molecule has 4 heteroatoms. The number of nitrogens with zero attached hydrogens (tertiary/aromatic N) is 3. The first-order valence-electron chi connectivity index (χ1n) is 6.30. The highest BCUT2D eigenvalue weighted by Crippen LogP contribution is 2.35. The zero-order chi connectivity index (χ0) is 11.0. The topological polar surface area (TPSA) is 33.1 Å². The monoisotopic (exact) mass is 220 g/mol. The third-order valence-electron chi connectivity index (χ3n) is 3.69. The van der Waals surface area contributed by atoms with Crippen molar-refractivity contribution >= 4 is 0 Å². The molecule has 0 bridgehead atoms. The van der Waals surface area contributed by atoms with Crippen molar-refractivity contribution in [2.24, 2.45) is 0 Å². The maximum Gasteiger partial charge on any atom is 0.0951 e. The van der Waals surface area contributed by atoms with Crippen LogP contribution in [0.4, 0.5) is 0 Å². The minimum atomic E-state index is 0.635. The summed E-state index contributed by atoms with van der Waals surface area (Å²) in [7, 11) is 0. The van der Waals surface area contributed by atoms with Gasteiger partial charge >= 0.3 is 0 Å². The van der Waals surface area contributed by atoms with Crippen LogP contribution in [-0.4, -0.2) is 40.1 Å². The van der Waals surface area contributed by atoms with Gasteiger partial charge in [-0.2, -0.15) is 0 Å². The van der Waals surface area contributed by atoms with E-state index in [0.717, 1.165) is 32.2 Å². The number of hydrogen-bond donors (Lipinski definition) is 1. The SMILES string of the molecule is C[C@H]1CNCCN1Cc1cncn1C1CC1. The second-order valence-electron chi connectivity index (χ2n) is 5.05. The van der Waals surface area contributed by atoms with Gasteiger partial charge < -0.3 is 9.88 Å². The highest BCUT2D eigenvalue weighted by atomic mass is 15.2. The van der Waals surface area contributed by atoms with Gasteiger partial charge in [0.2, 0.25) is 0 Å². The minimum Gasteiger partial charge on any atom is -0.330 e. The van der Waals surface area contributed by atoms with E-state index in [-0.39, 0.29) is 0 Å². The van der Waals surface area contributed by atoms with Crippen molar-refractivity contribution in [3.05, 3.63) is 18.2 Å². The van der Waals surface area contributed by atoms with Gasteiger partial charge in [0.1, 0.15) is 0 Å². The number of rotatable bonds is 3. The third-order valence-corrected chi connectivity index (χ3v) is 3.69. The molecule has 1 atom stereocenters. The summed E-state index contributed by atoms with van der Waals surface area (Å²) in [5.74, 6) is 0. The van der Waals surface area contributed by atoms with Crippen LogP contribution in [0, 0.1) is 0 Å². The molecule has 0 radical (unpaired) electrons. The molecule has 0 unspecified atom stereocenters. The van der Waals surface area contributed by atoms with E-state index < -0.39 is 0 Å².